The summed E-state index contributed by atoms with van der Waals surface area (Å²) in [6.07, 6.45) is 7.52. The quantitative estimate of drug-likeness (QED) is 0.462. The minimum absolute atomic E-state index is 0.0361. The average Bonchev–Trinajstić information content (AvgIpc) is 2.53. The van der Waals surface area contributed by atoms with Gasteiger partial charge in [-0.15, -0.1) is 6.58 Å². The lowest BCUT2D eigenvalue weighted by Gasteiger charge is -2.18. The molecule has 122 valence electrons. The number of hydrogen-bond donors (Lipinski definition) is 1. The Kier molecular flexibility index (Phi) is 9.00. The van der Waals surface area contributed by atoms with Gasteiger partial charge in [-0.25, -0.2) is 4.79 Å². The van der Waals surface area contributed by atoms with Crippen LogP contribution in [0.15, 0.2) is 36.9 Å². The lowest BCUT2D eigenvalue weighted by molar-refractivity contribution is 0.0294. The second kappa shape index (κ2) is 10.9. The maximum Gasteiger partial charge on any atom is 0.335 e. The molecule has 0 spiro atoms. The SMILES string of the molecule is C=CCOC(CCCCCC)COc1ccc(C(=O)O)cc1. The van der Waals surface area contributed by atoms with Crippen LogP contribution in [0.4, 0.5) is 0 Å². The van der Waals surface area contributed by atoms with Crippen LogP contribution in [0.3, 0.4) is 0 Å². The molecule has 0 aliphatic heterocycles. The first-order valence-electron chi connectivity index (χ1n) is 7.86. The van der Waals surface area contributed by atoms with Crippen LogP contribution in [0.25, 0.3) is 0 Å². The molecule has 1 aromatic rings. The third-order valence-corrected chi connectivity index (χ3v) is 3.37. The second-order valence-corrected chi connectivity index (χ2v) is 5.23. The molecule has 0 radical (unpaired) electrons. The number of carboxylic acid groups (broad SMARTS) is 1. The summed E-state index contributed by atoms with van der Waals surface area (Å²) >= 11 is 0. The van der Waals surface area contributed by atoms with Gasteiger partial charge in [0.25, 0.3) is 0 Å². The van der Waals surface area contributed by atoms with Crippen LogP contribution in [0.2, 0.25) is 0 Å². The lowest BCUT2D eigenvalue weighted by Crippen LogP contribution is -2.22. The molecular weight excluding hydrogens is 280 g/mol. The Labute approximate surface area is 132 Å². The van der Waals surface area contributed by atoms with Gasteiger partial charge in [-0.1, -0.05) is 38.7 Å². The maximum absolute atomic E-state index is 10.8. The van der Waals surface area contributed by atoms with Crippen molar-refractivity contribution in [3.63, 3.8) is 0 Å². The van der Waals surface area contributed by atoms with Gasteiger partial charge in [0.2, 0.25) is 0 Å². The van der Waals surface area contributed by atoms with Gasteiger partial charge in [-0.3, -0.25) is 0 Å². The molecule has 0 amide bonds. The molecule has 0 bridgehead atoms. The summed E-state index contributed by atoms with van der Waals surface area (Å²) in [7, 11) is 0. The summed E-state index contributed by atoms with van der Waals surface area (Å²) in [5.41, 5.74) is 0.256. The van der Waals surface area contributed by atoms with E-state index in [1.807, 2.05) is 0 Å². The van der Waals surface area contributed by atoms with Crippen molar-refractivity contribution in [2.24, 2.45) is 0 Å². The van der Waals surface area contributed by atoms with E-state index in [0.717, 1.165) is 12.8 Å². The Morgan fingerprint density at radius 1 is 1.27 bits per heavy atom. The summed E-state index contributed by atoms with van der Waals surface area (Å²) in [5.74, 6) is -0.277. The molecule has 4 nitrogen and oxygen atoms in total. The zero-order chi connectivity index (χ0) is 16.2. The van der Waals surface area contributed by atoms with Crippen LogP contribution < -0.4 is 4.74 Å². The Balaban J connectivity index is 2.43. The maximum atomic E-state index is 10.8. The fourth-order valence-corrected chi connectivity index (χ4v) is 2.10. The van der Waals surface area contributed by atoms with Gasteiger partial charge < -0.3 is 14.6 Å². The summed E-state index contributed by atoms with van der Waals surface area (Å²) in [4.78, 5) is 10.8. The topological polar surface area (TPSA) is 55.8 Å². The summed E-state index contributed by atoms with van der Waals surface area (Å²) < 4.78 is 11.4. The minimum atomic E-state index is -0.935. The zero-order valence-corrected chi connectivity index (χ0v) is 13.3. The minimum Gasteiger partial charge on any atom is -0.491 e. The summed E-state index contributed by atoms with van der Waals surface area (Å²) in [6, 6.07) is 6.42. The van der Waals surface area contributed by atoms with Gasteiger partial charge in [0.05, 0.1) is 18.3 Å². The van der Waals surface area contributed by atoms with E-state index in [1.54, 1.807) is 30.3 Å². The Morgan fingerprint density at radius 3 is 2.59 bits per heavy atom. The highest BCUT2D eigenvalue weighted by molar-refractivity contribution is 5.87. The Hall–Kier alpha value is -1.81. The number of aromatic carboxylic acids is 1. The zero-order valence-electron chi connectivity index (χ0n) is 13.3. The highest BCUT2D eigenvalue weighted by Gasteiger charge is 2.10. The molecule has 4 heteroatoms. The lowest BCUT2D eigenvalue weighted by atomic mass is 10.1. The van der Waals surface area contributed by atoms with E-state index in [-0.39, 0.29) is 11.7 Å². The molecule has 0 aromatic heterocycles. The van der Waals surface area contributed by atoms with Gasteiger partial charge in [-0.05, 0) is 30.7 Å². The van der Waals surface area contributed by atoms with Crippen molar-refractivity contribution < 1.29 is 19.4 Å². The molecule has 1 unspecified atom stereocenters. The van der Waals surface area contributed by atoms with Gasteiger partial charge >= 0.3 is 5.97 Å². The van der Waals surface area contributed by atoms with Crippen LogP contribution in [0.1, 0.15) is 49.4 Å². The summed E-state index contributed by atoms with van der Waals surface area (Å²) in [5, 5.41) is 8.86. The van der Waals surface area contributed by atoms with E-state index in [2.05, 4.69) is 13.5 Å². The van der Waals surface area contributed by atoms with Crippen molar-refractivity contribution in [1.82, 2.24) is 0 Å². The molecule has 0 aliphatic rings. The molecule has 1 aromatic carbocycles. The monoisotopic (exact) mass is 306 g/mol. The van der Waals surface area contributed by atoms with E-state index in [1.165, 1.54) is 19.3 Å². The smallest absolute Gasteiger partial charge is 0.335 e. The number of benzene rings is 1. The third kappa shape index (κ3) is 7.27. The molecule has 1 rings (SSSR count). The van der Waals surface area contributed by atoms with E-state index >= 15 is 0 Å². The molecule has 0 aliphatic carbocycles. The van der Waals surface area contributed by atoms with E-state index in [9.17, 15) is 4.79 Å². The Morgan fingerprint density at radius 2 is 2.00 bits per heavy atom. The molecule has 0 saturated heterocycles. The van der Waals surface area contributed by atoms with Crippen LogP contribution in [-0.2, 0) is 4.74 Å². The van der Waals surface area contributed by atoms with Gasteiger partial charge in [0.15, 0.2) is 0 Å². The molecule has 1 atom stereocenters. The molecule has 0 heterocycles. The van der Waals surface area contributed by atoms with Crippen LogP contribution in [0.5, 0.6) is 5.75 Å². The normalized spacial score (nSPS) is 11.9. The van der Waals surface area contributed by atoms with Crippen LogP contribution in [-0.4, -0.2) is 30.4 Å². The molecule has 0 saturated carbocycles. The first kappa shape index (κ1) is 18.2. The van der Waals surface area contributed by atoms with Crippen LogP contribution in [0, 0.1) is 0 Å². The van der Waals surface area contributed by atoms with Crippen molar-refractivity contribution in [2.75, 3.05) is 13.2 Å². The number of rotatable bonds is 12. The number of carbonyl (C=O) groups is 1. The number of carboxylic acids is 1. The van der Waals surface area contributed by atoms with Gasteiger partial charge in [0, 0.05) is 0 Å². The molecule has 1 N–H and O–H groups in total. The van der Waals surface area contributed by atoms with Gasteiger partial charge in [0.1, 0.15) is 12.4 Å². The molecular formula is C18H26O4. The number of unbranched alkanes of at least 4 members (excludes halogenated alkanes) is 3. The van der Waals surface area contributed by atoms with Crippen molar-refractivity contribution in [2.45, 2.75) is 45.1 Å². The fourth-order valence-electron chi connectivity index (χ4n) is 2.10. The van der Waals surface area contributed by atoms with E-state index in [4.69, 9.17) is 14.6 Å². The number of hydrogen-bond acceptors (Lipinski definition) is 3. The Bertz CT molecular complexity index is 439. The van der Waals surface area contributed by atoms with E-state index < -0.39 is 5.97 Å². The summed E-state index contributed by atoms with van der Waals surface area (Å²) in [6.45, 7) is 6.83. The van der Waals surface area contributed by atoms with Crippen molar-refractivity contribution in [3.8, 4) is 5.75 Å². The van der Waals surface area contributed by atoms with Gasteiger partial charge in [-0.2, -0.15) is 0 Å². The largest absolute Gasteiger partial charge is 0.491 e. The standard InChI is InChI=1S/C18H26O4/c1-3-5-6-7-8-17(21-13-4-2)14-22-16-11-9-15(10-12-16)18(19)20/h4,9-12,17H,2-3,5-8,13-14H2,1H3,(H,19,20). The predicted molar refractivity (Wildman–Crippen MR) is 87.6 cm³/mol. The highest BCUT2D eigenvalue weighted by atomic mass is 16.5. The van der Waals surface area contributed by atoms with Crippen molar-refractivity contribution >= 4 is 5.97 Å². The first-order valence-corrected chi connectivity index (χ1v) is 7.86. The van der Waals surface area contributed by atoms with Crippen molar-refractivity contribution in [1.29, 1.82) is 0 Å². The molecule has 0 fully saturated rings. The molecule has 22 heavy (non-hydrogen) atoms. The highest BCUT2D eigenvalue weighted by Crippen LogP contribution is 2.15. The third-order valence-electron chi connectivity index (χ3n) is 3.37. The van der Waals surface area contributed by atoms with E-state index in [0.29, 0.717) is 19.0 Å². The second-order valence-electron chi connectivity index (χ2n) is 5.23. The predicted octanol–water partition coefficient (Wildman–Crippen LogP) is 4.31. The average molecular weight is 306 g/mol. The number of ether oxygens (including phenoxy) is 2. The van der Waals surface area contributed by atoms with Crippen molar-refractivity contribution in [3.05, 3.63) is 42.5 Å². The van der Waals surface area contributed by atoms with Crippen LogP contribution >= 0.6 is 0 Å². The first-order chi connectivity index (χ1) is 10.7. The fraction of sp³-hybridized carbons (Fsp3) is 0.500.